The minimum absolute atomic E-state index is 0.0831. The van der Waals surface area contributed by atoms with Crippen LogP contribution in [0.5, 0.6) is 5.75 Å². The summed E-state index contributed by atoms with van der Waals surface area (Å²) < 4.78 is 41.1. The fourth-order valence-corrected chi connectivity index (χ4v) is 3.05. The van der Waals surface area contributed by atoms with Crippen LogP contribution in [0.4, 0.5) is 18.0 Å². The lowest BCUT2D eigenvalue weighted by Gasteiger charge is -2.22. The molecule has 2 aromatic rings. The normalized spacial score (nSPS) is 16.8. The lowest BCUT2D eigenvalue weighted by Crippen LogP contribution is -2.44. The number of carbonyl (C=O) groups is 2. The Kier molecular flexibility index (Phi) is 6.03. The van der Waals surface area contributed by atoms with Crippen molar-refractivity contribution in [3.05, 3.63) is 64.2 Å². The molecule has 2 atom stereocenters. The van der Waals surface area contributed by atoms with Crippen molar-refractivity contribution in [1.29, 1.82) is 5.26 Å². The molecule has 1 aliphatic rings. The molecule has 3 rings (SSSR count). The Bertz CT molecular complexity index is 1010. The summed E-state index contributed by atoms with van der Waals surface area (Å²) in [6, 6.07) is 9.28. The maximum absolute atomic E-state index is 12.6. The summed E-state index contributed by atoms with van der Waals surface area (Å²) >= 11 is 5.97. The van der Waals surface area contributed by atoms with E-state index in [1.54, 1.807) is 6.07 Å². The van der Waals surface area contributed by atoms with E-state index < -0.39 is 36.1 Å². The largest absolute Gasteiger partial charge is 0.573 e. The van der Waals surface area contributed by atoms with Crippen LogP contribution in [0.25, 0.3) is 0 Å². The van der Waals surface area contributed by atoms with E-state index in [1.807, 2.05) is 6.07 Å². The molecule has 1 fully saturated rings. The van der Waals surface area contributed by atoms with Gasteiger partial charge in [-0.3, -0.25) is 4.79 Å². The zero-order valence-corrected chi connectivity index (χ0v) is 15.8. The van der Waals surface area contributed by atoms with Gasteiger partial charge < -0.3 is 20.7 Å². The zero-order valence-electron chi connectivity index (χ0n) is 15.1. The molecule has 1 aliphatic heterocycles. The molecular formula is C19H14ClF3N4O3. The molecule has 1 saturated heterocycles. The molecule has 3 amide bonds. The van der Waals surface area contributed by atoms with Crippen molar-refractivity contribution in [2.24, 2.45) is 0 Å². The van der Waals surface area contributed by atoms with E-state index in [2.05, 4.69) is 20.7 Å². The number of amides is 3. The average Bonchev–Trinajstić information content (AvgIpc) is 3.12. The molecule has 1 heterocycles. The van der Waals surface area contributed by atoms with Gasteiger partial charge >= 0.3 is 12.4 Å². The number of hydrogen-bond donors (Lipinski definition) is 3. The van der Waals surface area contributed by atoms with Gasteiger partial charge in [0.15, 0.2) is 0 Å². The lowest BCUT2D eigenvalue weighted by atomic mass is 9.96. The summed E-state index contributed by atoms with van der Waals surface area (Å²) in [6.45, 7) is 0.0831. The van der Waals surface area contributed by atoms with E-state index in [0.717, 1.165) is 12.1 Å². The highest BCUT2D eigenvalue weighted by atomic mass is 35.5. The van der Waals surface area contributed by atoms with Crippen LogP contribution in [0, 0.1) is 11.3 Å². The molecule has 1 unspecified atom stereocenters. The maximum atomic E-state index is 12.6. The van der Waals surface area contributed by atoms with Gasteiger partial charge in [-0.2, -0.15) is 5.26 Å². The van der Waals surface area contributed by atoms with Crippen molar-refractivity contribution in [3.8, 4) is 11.8 Å². The van der Waals surface area contributed by atoms with Crippen LogP contribution in [0.2, 0.25) is 5.02 Å². The van der Waals surface area contributed by atoms with Crippen LogP contribution in [0.1, 0.15) is 22.7 Å². The third kappa shape index (κ3) is 5.12. The van der Waals surface area contributed by atoms with Gasteiger partial charge in [0.2, 0.25) is 5.91 Å². The van der Waals surface area contributed by atoms with Crippen LogP contribution in [0.3, 0.4) is 0 Å². The van der Waals surface area contributed by atoms with Crippen molar-refractivity contribution >= 4 is 23.5 Å². The molecule has 3 N–H and O–H groups in total. The number of alkyl halides is 3. The molecule has 11 heteroatoms. The van der Waals surface area contributed by atoms with E-state index >= 15 is 0 Å². The van der Waals surface area contributed by atoms with Crippen LogP contribution < -0.4 is 20.7 Å². The highest BCUT2D eigenvalue weighted by Crippen LogP contribution is 2.29. The van der Waals surface area contributed by atoms with Gasteiger partial charge in [0, 0.05) is 6.54 Å². The van der Waals surface area contributed by atoms with E-state index in [9.17, 15) is 28.0 Å². The molecular weight excluding hydrogens is 425 g/mol. The Hall–Kier alpha value is -3.45. The number of nitrogens with one attached hydrogen (secondary N) is 3. The third-order valence-corrected chi connectivity index (χ3v) is 4.60. The summed E-state index contributed by atoms with van der Waals surface area (Å²) in [4.78, 5) is 23.9. The van der Waals surface area contributed by atoms with Gasteiger partial charge in [0.05, 0.1) is 16.6 Å². The van der Waals surface area contributed by atoms with Gasteiger partial charge in [-0.05, 0) is 35.4 Å². The van der Waals surface area contributed by atoms with E-state index in [1.165, 1.54) is 24.3 Å². The van der Waals surface area contributed by atoms with Crippen molar-refractivity contribution < 1.29 is 27.5 Å². The first kappa shape index (κ1) is 21.3. The van der Waals surface area contributed by atoms with Gasteiger partial charge in [0.1, 0.15) is 17.9 Å². The van der Waals surface area contributed by atoms with E-state index in [-0.39, 0.29) is 17.1 Å². The Morgan fingerprint density at radius 1 is 1.23 bits per heavy atom. The highest BCUT2D eigenvalue weighted by Gasteiger charge is 2.32. The van der Waals surface area contributed by atoms with Gasteiger partial charge in [-0.25, -0.2) is 4.79 Å². The van der Waals surface area contributed by atoms with Crippen LogP contribution >= 0.6 is 11.6 Å². The number of benzene rings is 2. The van der Waals surface area contributed by atoms with Crippen LogP contribution in [-0.2, 0) is 4.79 Å². The first-order chi connectivity index (χ1) is 14.2. The second-order valence-corrected chi connectivity index (χ2v) is 6.72. The summed E-state index contributed by atoms with van der Waals surface area (Å²) in [5.74, 6) is -0.931. The number of rotatable bonds is 5. The number of carbonyl (C=O) groups excluding carboxylic acids is 2. The molecule has 0 aliphatic carbocycles. The van der Waals surface area contributed by atoms with E-state index in [0.29, 0.717) is 11.1 Å². The molecule has 2 aromatic carbocycles. The molecule has 0 aromatic heterocycles. The minimum Gasteiger partial charge on any atom is -0.406 e. The quantitative estimate of drug-likeness (QED) is 0.667. The SMILES string of the molecule is N#Cc1cc(C(NC(=O)[C@@H]2CNC(=O)N2)c2ccc(OC(F)(F)F)cc2)ccc1Cl. The van der Waals surface area contributed by atoms with Gasteiger partial charge in [0.25, 0.3) is 0 Å². The zero-order chi connectivity index (χ0) is 21.9. The number of nitrogens with zero attached hydrogens (tertiary/aromatic N) is 1. The molecule has 0 radical (unpaired) electrons. The summed E-state index contributed by atoms with van der Waals surface area (Å²) in [5.41, 5.74) is 1.08. The molecule has 0 spiro atoms. The third-order valence-electron chi connectivity index (χ3n) is 4.27. The predicted molar refractivity (Wildman–Crippen MR) is 99.6 cm³/mol. The number of urea groups is 1. The predicted octanol–water partition coefficient (Wildman–Crippen LogP) is 3.00. The standard InChI is InChI=1S/C19H14ClF3N4O3/c20-14-6-3-11(7-12(14)8-24)16(27-17(28)15-9-25-18(29)26-15)10-1-4-13(5-2-10)30-19(21,22)23/h1-7,15-16H,9H2,(H,27,28)(H2,25,26,29)/t15-,16?/m0/s1. The molecule has 0 saturated carbocycles. The van der Waals surface area contributed by atoms with Crippen molar-refractivity contribution in [2.75, 3.05) is 6.54 Å². The Morgan fingerprint density at radius 3 is 2.47 bits per heavy atom. The molecule has 0 bridgehead atoms. The molecule has 156 valence electrons. The van der Waals surface area contributed by atoms with Crippen molar-refractivity contribution in [3.63, 3.8) is 0 Å². The summed E-state index contributed by atoms with van der Waals surface area (Å²) in [6.07, 6.45) is -4.83. The minimum atomic E-state index is -4.83. The maximum Gasteiger partial charge on any atom is 0.573 e. The summed E-state index contributed by atoms with van der Waals surface area (Å²) in [7, 11) is 0. The fourth-order valence-electron chi connectivity index (χ4n) is 2.89. The number of halogens is 4. The smallest absolute Gasteiger partial charge is 0.406 e. The van der Waals surface area contributed by atoms with Crippen LogP contribution in [0.15, 0.2) is 42.5 Å². The summed E-state index contributed by atoms with van der Waals surface area (Å²) in [5, 5.41) is 17.1. The number of nitriles is 1. The average molecular weight is 439 g/mol. The first-order valence-corrected chi connectivity index (χ1v) is 8.94. The second kappa shape index (κ2) is 8.51. The Morgan fingerprint density at radius 2 is 1.90 bits per heavy atom. The first-order valence-electron chi connectivity index (χ1n) is 8.56. The van der Waals surface area contributed by atoms with Crippen LogP contribution in [-0.4, -0.2) is 30.9 Å². The van der Waals surface area contributed by atoms with Crippen molar-refractivity contribution in [1.82, 2.24) is 16.0 Å². The molecule has 30 heavy (non-hydrogen) atoms. The Labute approximate surface area is 173 Å². The number of ether oxygens (including phenoxy) is 1. The monoisotopic (exact) mass is 438 g/mol. The van der Waals surface area contributed by atoms with Gasteiger partial charge in [-0.15, -0.1) is 13.2 Å². The van der Waals surface area contributed by atoms with E-state index in [4.69, 9.17) is 11.6 Å². The van der Waals surface area contributed by atoms with Crippen molar-refractivity contribution in [2.45, 2.75) is 18.4 Å². The Balaban J connectivity index is 1.92. The molecule has 7 nitrogen and oxygen atoms in total. The lowest BCUT2D eigenvalue weighted by molar-refractivity contribution is -0.274. The fraction of sp³-hybridized carbons (Fsp3) is 0.211. The number of hydrogen-bond acceptors (Lipinski definition) is 4. The highest BCUT2D eigenvalue weighted by molar-refractivity contribution is 6.31. The second-order valence-electron chi connectivity index (χ2n) is 6.32. The topological polar surface area (TPSA) is 103 Å². The van der Waals surface area contributed by atoms with Gasteiger partial charge in [-0.1, -0.05) is 29.8 Å².